The van der Waals surface area contributed by atoms with Gasteiger partial charge in [0.1, 0.15) is 11.6 Å². The molecule has 6 heteroatoms. The number of likely N-dealkylation sites (tertiary alicyclic amines) is 1. The van der Waals surface area contributed by atoms with Crippen LogP contribution in [-0.2, 0) is 11.3 Å². The summed E-state index contributed by atoms with van der Waals surface area (Å²) in [5.74, 6) is 2.21. The number of aromatic nitrogens is 2. The van der Waals surface area contributed by atoms with E-state index in [0.717, 1.165) is 31.8 Å². The van der Waals surface area contributed by atoms with Gasteiger partial charge in [0.05, 0.1) is 6.54 Å². The lowest BCUT2D eigenvalue weighted by molar-refractivity contribution is -0.131. The van der Waals surface area contributed by atoms with Gasteiger partial charge < -0.3 is 10.6 Å². The van der Waals surface area contributed by atoms with Crippen molar-refractivity contribution in [2.24, 2.45) is 5.92 Å². The van der Waals surface area contributed by atoms with Gasteiger partial charge in [0, 0.05) is 31.7 Å². The maximum Gasteiger partial charge on any atom is 0.222 e. The molecular formula is C17H27N5O. The van der Waals surface area contributed by atoms with E-state index < -0.39 is 0 Å². The Morgan fingerprint density at radius 1 is 1.39 bits per heavy atom. The van der Waals surface area contributed by atoms with Crippen molar-refractivity contribution >= 4 is 11.7 Å². The summed E-state index contributed by atoms with van der Waals surface area (Å²) in [6, 6.07) is 2.08. The molecule has 1 saturated carbocycles. The van der Waals surface area contributed by atoms with Crippen LogP contribution in [0.2, 0.25) is 0 Å². The zero-order chi connectivity index (χ0) is 16.2. The summed E-state index contributed by atoms with van der Waals surface area (Å²) in [6.45, 7) is 2.36. The molecule has 2 aliphatic rings. The van der Waals surface area contributed by atoms with E-state index in [-0.39, 0.29) is 0 Å². The van der Waals surface area contributed by atoms with Crippen molar-refractivity contribution in [3.63, 3.8) is 0 Å². The van der Waals surface area contributed by atoms with Crippen LogP contribution < -0.4 is 5.73 Å². The molecule has 3 rings (SSSR count). The molecule has 1 amide bonds. The third-order valence-electron chi connectivity index (χ3n) is 5.20. The summed E-state index contributed by atoms with van der Waals surface area (Å²) in [7, 11) is 2.07. The van der Waals surface area contributed by atoms with Gasteiger partial charge in [-0.05, 0) is 38.3 Å². The third-order valence-corrected chi connectivity index (χ3v) is 5.20. The zero-order valence-electron chi connectivity index (χ0n) is 13.9. The summed E-state index contributed by atoms with van der Waals surface area (Å²) in [6.07, 6.45) is 8.51. The van der Waals surface area contributed by atoms with Crippen molar-refractivity contribution in [1.29, 1.82) is 0 Å². The largest absolute Gasteiger partial charge is 0.384 e. The smallest absolute Gasteiger partial charge is 0.222 e. The predicted octanol–water partition coefficient (Wildman–Crippen LogP) is 1.67. The van der Waals surface area contributed by atoms with E-state index in [2.05, 4.69) is 21.9 Å². The molecule has 2 fully saturated rings. The Morgan fingerprint density at radius 2 is 2.17 bits per heavy atom. The fraction of sp³-hybridized carbons (Fsp3) is 0.706. The second-order valence-electron chi connectivity index (χ2n) is 6.95. The van der Waals surface area contributed by atoms with Crippen molar-refractivity contribution in [2.45, 2.75) is 51.1 Å². The van der Waals surface area contributed by atoms with E-state index in [1.807, 2.05) is 4.90 Å². The van der Waals surface area contributed by atoms with Gasteiger partial charge in [-0.3, -0.25) is 9.69 Å². The monoisotopic (exact) mass is 317 g/mol. The molecule has 0 bridgehead atoms. The standard InChI is InChI=1S/C17H27N5O/c1-21(12-16-19-8-6-15(18)20-16)14-7-9-22(11-14)17(23)10-13-4-2-3-5-13/h6,8,13-14H,2-5,7,9-12H2,1H3,(H2,18,19,20)/t14-/m0/s1. The van der Waals surface area contributed by atoms with Gasteiger partial charge in [-0.1, -0.05) is 12.8 Å². The molecule has 0 radical (unpaired) electrons. The van der Waals surface area contributed by atoms with Crippen LogP contribution in [0.25, 0.3) is 0 Å². The molecule has 0 aromatic carbocycles. The fourth-order valence-electron chi connectivity index (χ4n) is 3.76. The molecule has 1 aliphatic carbocycles. The lowest BCUT2D eigenvalue weighted by atomic mass is 10.0. The van der Waals surface area contributed by atoms with E-state index in [1.54, 1.807) is 12.3 Å². The molecule has 23 heavy (non-hydrogen) atoms. The first-order valence-corrected chi connectivity index (χ1v) is 8.67. The summed E-state index contributed by atoms with van der Waals surface area (Å²) in [5.41, 5.74) is 5.70. The molecule has 0 unspecified atom stereocenters. The SMILES string of the molecule is CN(Cc1nccc(N)n1)[C@H]1CCN(C(=O)CC2CCCC2)C1. The van der Waals surface area contributed by atoms with Gasteiger partial charge >= 0.3 is 0 Å². The highest BCUT2D eigenvalue weighted by Crippen LogP contribution is 2.29. The van der Waals surface area contributed by atoms with Crippen molar-refractivity contribution < 1.29 is 4.79 Å². The van der Waals surface area contributed by atoms with Gasteiger partial charge in [0.15, 0.2) is 0 Å². The van der Waals surface area contributed by atoms with Crippen molar-refractivity contribution in [2.75, 3.05) is 25.9 Å². The highest BCUT2D eigenvalue weighted by molar-refractivity contribution is 5.76. The van der Waals surface area contributed by atoms with E-state index in [0.29, 0.717) is 30.2 Å². The Hall–Kier alpha value is -1.69. The van der Waals surface area contributed by atoms with E-state index >= 15 is 0 Å². The number of likely N-dealkylation sites (N-methyl/N-ethyl adjacent to an activating group) is 1. The number of hydrogen-bond acceptors (Lipinski definition) is 5. The van der Waals surface area contributed by atoms with Crippen LogP contribution in [0, 0.1) is 5.92 Å². The van der Waals surface area contributed by atoms with Crippen LogP contribution in [-0.4, -0.2) is 51.9 Å². The number of carbonyl (C=O) groups excluding carboxylic acids is 1. The molecule has 2 N–H and O–H groups in total. The lowest BCUT2D eigenvalue weighted by Gasteiger charge is -2.24. The Morgan fingerprint density at radius 3 is 2.91 bits per heavy atom. The molecule has 126 valence electrons. The minimum absolute atomic E-state index is 0.341. The molecule has 1 atom stereocenters. The molecule has 2 heterocycles. The highest BCUT2D eigenvalue weighted by atomic mass is 16.2. The molecule has 0 spiro atoms. The average molecular weight is 317 g/mol. The topological polar surface area (TPSA) is 75.4 Å². The Bertz CT molecular complexity index is 544. The molecule has 1 aliphatic heterocycles. The second-order valence-corrected chi connectivity index (χ2v) is 6.95. The van der Waals surface area contributed by atoms with Crippen molar-refractivity contribution in [1.82, 2.24) is 19.8 Å². The van der Waals surface area contributed by atoms with Crippen molar-refractivity contribution in [3.8, 4) is 0 Å². The molecular weight excluding hydrogens is 290 g/mol. The van der Waals surface area contributed by atoms with Crippen LogP contribution in [0.4, 0.5) is 5.82 Å². The lowest BCUT2D eigenvalue weighted by Crippen LogP contribution is -2.37. The molecule has 1 saturated heterocycles. The van der Waals surface area contributed by atoms with E-state index in [1.165, 1.54) is 25.7 Å². The van der Waals surface area contributed by atoms with Crippen LogP contribution in [0.15, 0.2) is 12.3 Å². The number of amides is 1. The summed E-state index contributed by atoms with van der Waals surface area (Å²) >= 11 is 0. The maximum absolute atomic E-state index is 12.4. The first-order valence-electron chi connectivity index (χ1n) is 8.67. The third kappa shape index (κ3) is 4.19. The number of hydrogen-bond donors (Lipinski definition) is 1. The quantitative estimate of drug-likeness (QED) is 0.894. The van der Waals surface area contributed by atoms with Gasteiger partial charge in [0.2, 0.25) is 5.91 Å². The second kappa shape index (κ2) is 7.25. The van der Waals surface area contributed by atoms with Crippen LogP contribution in [0.3, 0.4) is 0 Å². The fourth-order valence-corrected chi connectivity index (χ4v) is 3.76. The van der Waals surface area contributed by atoms with Crippen LogP contribution >= 0.6 is 0 Å². The minimum Gasteiger partial charge on any atom is -0.384 e. The molecule has 1 aromatic rings. The van der Waals surface area contributed by atoms with Crippen molar-refractivity contribution in [3.05, 3.63) is 18.1 Å². The van der Waals surface area contributed by atoms with Crippen LogP contribution in [0.1, 0.15) is 44.3 Å². The normalized spacial score (nSPS) is 22.2. The first kappa shape index (κ1) is 16.2. The number of anilines is 1. The maximum atomic E-state index is 12.4. The predicted molar refractivity (Wildman–Crippen MR) is 89.5 cm³/mol. The number of rotatable bonds is 5. The highest BCUT2D eigenvalue weighted by Gasteiger charge is 2.30. The summed E-state index contributed by atoms with van der Waals surface area (Å²) in [4.78, 5) is 25.2. The number of nitrogens with zero attached hydrogens (tertiary/aromatic N) is 4. The van der Waals surface area contributed by atoms with Crippen LogP contribution in [0.5, 0.6) is 0 Å². The van der Waals surface area contributed by atoms with E-state index in [4.69, 9.17) is 5.73 Å². The molecule has 1 aromatic heterocycles. The van der Waals surface area contributed by atoms with E-state index in [9.17, 15) is 4.79 Å². The summed E-state index contributed by atoms with van der Waals surface area (Å²) < 4.78 is 0. The number of nitrogens with two attached hydrogens (primary N) is 1. The Labute approximate surface area is 138 Å². The van der Waals surface area contributed by atoms with Gasteiger partial charge in [0.25, 0.3) is 0 Å². The number of nitrogen functional groups attached to an aromatic ring is 1. The first-order chi connectivity index (χ1) is 11.1. The zero-order valence-corrected chi connectivity index (χ0v) is 13.9. The Balaban J connectivity index is 1.49. The average Bonchev–Trinajstić information content (AvgIpc) is 3.18. The van der Waals surface area contributed by atoms with Gasteiger partial charge in [-0.15, -0.1) is 0 Å². The Kier molecular flexibility index (Phi) is 5.10. The van der Waals surface area contributed by atoms with Gasteiger partial charge in [-0.2, -0.15) is 0 Å². The van der Waals surface area contributed by atoms with Gasteiger partial charge in [-0.25, -0.2) is 9.97 Å². The number of carbonyl (C=O) groups is 1. The minimum atomic E-state index is 0.341. The summed E-state index contributed by atoms with van der Waals surface area (Å²) in [5, 5.41) is 0. The molecule has 6 nitrogen and oxygen atoms in total.